The summed E-state index contributed by atoms with van der Waals surface area (Å²) >= 11 is 1.64. The molecule has 0 aliphatic carbocycles. The van der Waals surface area contributed by atoms with Gasteiger partial charge in [0.1, 0.15) is 0 Å². The smallest absolute Gasteiger partial charge is 0.258 e. The molecule has 0 aliphatic heterocycles. The third kappa shape index (κ3) is 3.09. The van der Waals surface area contributed by atoms with Crippen LogP contribution in [0.25, 0.3) is 0 Å². The van der Waals surface area contributed by atoms with E-state index in [1.165, 1.54) is 0 Å². The maximum absolute atomic E-state index is 10.8. The van der Waals surface area contributed by atoms with E-state index in [0.717, 1.165) is 11.3 Å². The molecule has 0 fully saturated rings. The molecule has 0 bridgehead atoms. The lowest BCUT2D eigenvalue weighted by Crippen LogP contribution is -1.97. The number of hydrogen-bond acceptors (Lipinski definition) is 3. The summed E-state index contributed by atoms with van der Waals surface area (Å²) in [5, 5.41) is 10.9. The molecule has 15 heavy (non-hydrogen) atoms. The Labute approximate surface area is 93.3 Å². The van der Waals surface area contributed by atoms with E-state index >= 15 is 0 Å². The second-order valence-corrected chi connectivity index (χ2v) is 4.45. The molecule has 1 rings (SSSR count). The molecule has 0 heterocycles. The Morgan fingerprint density at radius 3 is 2.87 bits per heavy atom. The van der Waals surface area contributed by atoms with Crippen molar-refractivity contribution in [3.05, 3.63) is 52.6 Å². The molecule has 1 aromatic carbocycles. The van der Waals surface area contributed by atoms with Crippen LogP contribution in [-0.4, -0.2) is 10.7 Å². The van der Waals surface area contributed by atoms with Gasteiger partial charge in [-0.3, -0.25) is 10.1 Å². The molecule has 80 valence electrons. The van der Waals surface area contributed by atoms with E-state index in [1.807, 2.05) is 13.0 Å². The average Bonchev–Trinajstić information content (AvgIpc) is 2.25. The minimum Gasteiger partial charge on any atom is -0.258 e. The Balaban J connectivity index is 2.91. The molecular formula is C11H13NO2S. The SMILES string of the molecule is C=CCSC(C)c1ccccc1[N+](=O)[O-]. The highest BCUT2D eigenvalue weighted by Gasteiger charge is 2.17. The summed E-state index contributed by atoms with van der Waals surface area (Å²) in [5.74, 6) is 0.799. The van der Waals surface area contributed by atoms with Crippen LogP contribution in [0.1, 0.15) is 17.7 Å². The molecule has 1 unspecified atom stereocenters. The van der Waals surface area contributed by atoms with Gasteiger partial charge in [0.2, 0.25) is 0 Å². The van der Waals surface area contributed by atoms with Gasteiger partial charge in [0.15, 0.2) is 0 Å². The van der Waals surface area contributed by atoms with E-state index in [0.29, 0.717) is 0 Å². The van der Waals surface area contributed by atoms with Crippen LogP contribution in [0.15, 0.2) is 36.9 Å². The number of nitro groups is 1. The van der Waals surface area contributed by atoms with Gasteiger partial charge in [0.25, 0.3) is 5.69 Å². The first-order chi connectivity index (χ1) is 7.16. The predicted molar refractivity (Wildman–Crippen MR) is 64.2 cm³/mol. The zero-order valence-corrected chi connectivity index (χ0v) is 9.37. The number of rotatable bonds is 5. The van der Waals surface area contributed by atoms with Crippen molar-refractivity contribution in [2.75, 3.05) is 5.75 Å². The normalized spacial score (nSPS) is 12.1. The Bertz CT molecular complexity index is 365. The number of nitrogens with zero attached hydrogens (tertiary/aromatic N) is 1. The molecule has 1 atom stereocenters. The van der Waals surface area contributed by atoms with Gasteiger partial charge in [-0.25, -0.2) is 0 Å². The van der Waals surface area contributed by atoms with Crippen molar-refractivity contribution in [1.82, 2.24) is 0 Å². The highest BCUT2D eigenvalue weighted by molar-refractivity contribution is 7.99. The number of thioether (sulfide) groups is 1. The fourth-order valence-electron chi connectivity index (χ4n) is 1.30. The maximum Gasteiger partial charge on any atom is 0.273 e. The van der Waals surface area contributed by atoms with Gasteiger partial charge in [0.05, 0.1) is 4.92 Å². The molecule has 1 aromatic rings. The Morgan fingerprint density at radius 1 is 1.60 bits per heavy atom. The molecule has 0 amide bonds. The first kappa shape index (κ1) is 11.8. The third-order valence-electron chi connectivity index (χ3n) is 2.04. The molecule has 0 aliphatic rings. The average molecular weight is 223 g/mol. The summed E-state index contributed by atoms with van der Waals surface area (Å²) < 4.78 is 0. The standard InChI is InChI=1S/C11H13NO2S/c1-3-8-15-9(2)10-6-4-5-7-11(10)12(13)14/h3-7,9H,1,8H2,2H3. The number of benzene rings is 1. The van der Waals surface area contributed by atoms with Crippen LogP contribution in [0.2, 0.25) is 0 Å². The first-order valence-corrected chi connectivity index (χ1v) is 5.67. The van der Waals surface area contributed by atoms with Crippen LogP contribution < -0.4 is 0 Å². The van der Waals surface area contributed by atoms with E-state index < -0.39 is 0 Å². The monoisotopic (exact) mass is 223 g/mol. The Kier molecular flexibility index (Phi) is 4.37. The predicted octanol–water partition coefficient (Wildman–Crippen LogP) is 3.58. The summed E-state index contributed by atoms with van der Waals surface area (Å²) in [6, 6.07) is 6.86. The van der Waals surface area contributed by atoms with Crippen molar-refractivity contribution < 1.29 is 4.92 Å². The Morgan fingerprint density at radius 2 is 2.27 bits per heavy atom. The largest absolute Gasteiger partial charge is 0.273 e. The van der Waals surface area contributed by atoms with E-state index in [1.54, 1.807) is 36.0 Å². The van der Waals surface area contributed by atoms with E-state index in [-0.39, 0.29) is 15.9 Å². The van der Waals surface area contributed by atoms with Crippen molar-refractivity contribution in [1.29, 1.82) is 0 Å². The van der Waals surface area contributed by atoms with Gasteiger partial charge < -0.3 is 0 Å². The van der Waals surface area contributed by atoms with E-state index in [9.17, 15) is 10.1 Å². The van der Waals surface area contributed by atoms with E-state index in [4.69, 9.17) is 0 Å². The van der Waals surface area contributed by atoms with Crippen LogP contribution in [0.4, 0.5) is 5.69 Å². The Hall–Kier alpha value is -1.29. The first-order valence-electron chi connectivity index (χ1n) is 4.62. The summed E-state index contributed by atoms with van der Waals surface area (Å²) in [5.41, 5.74) is 0.968. The lowest BCUT2D eigenvalue weighted by Gasteiger charge is -2.10. The molecule has 3 nitrogen and oxygen atoms in total. The van der Waals surface area contributed by atoms with Crippen molar-refractivity contribution in [2.45, 2.75) is 12.2 Å². The van der Waals surface area contributed by atoms with Crippen LogP contribution in [-0.2, 0) is 0 Å². The molecule has 0 radical (unpaired) electrons. The van der Waals surface area contributed by atoms with Crippen LogP contribution in [0.3, 0.4) is 0 Å². The highest BCUT2D eigenvalue weighted by Crippen LogP contribution is 2.33. The minimum absolute atomic E-state index is 0.115. The summed E-state index contributed by atoms with van der Waals surface area (Å²) in [6.45, 7) is 5.60. The number of nitro benzene ring substituents is 1. The quantitative estimate of drug-likeness (QED) is 0.435. The molecule has 0 spiro atoms. The highest BCUT2D eigenvalue weighted by atomic mass is 32.2. The molecule has 0 saturated carbocycles. The van der Waals surface area contributed by atoms with Gasteiger partial charge in [-0.05, 0) is 6.92 Å². The lowest BCUT2D eigenvalue weighted by molar-refractivity contribution is -0.385. The van der Waals surface area contributed by atoms with Gasteiger partial charge in [0, 0.05) is 22.6 Å². The lowest BCUT2D eigenvalue weighted by atomic mass is 10.1. The van der Waals surface area contributed by atoms with Crippen molar-refractivity contribution >= 4 is 17.4 Å². The second-order valence-electron chi connectivity index (χ2n) is 3.08. The van der Waals surface area contributed by atoms with Gasteiger partial charge in [-0.1, -0.05) is 24.3 Å². The van der Waals surface area contributed by atoms with Gasteiger partial charge in [-0.15, -0.1) is 18.3 Å². The van der Waals surface area contributed by atoms with Crippen LogP contribution in [0.5, 0.6) is 0 Å². The number of hydrogen-bond donors (Lipinski definition) is 0. The maximum atomic E-state index is 10.8. The third-order valence-corrected chi connectivity index (χ3v) is 3.22. The molecule has 0 aromatic heterocycles. The summed E-state index contributed by atoms with van der Waals surface area (Å²) in [6.07, 6.45) is 1.80. The van der Waals surface area contributed by atoms with Gasteiger partial charge >= 0.3 is 0 Å². The van der Waals surface area contributed by atoms with Crippen LogP contribution in [0, 0.1) is 10.1 Å². The molecule has 0 N–H and O–H groups in total. The molecule has 4 heteroatoms. The second kappa shape index (κ2) is 5.56. The van der Waals surface area contributed by atoms with Crippen molar-refractivity contribution in [3.63, 3.8) is 0 Å². The topological polar surface area (TPSA) is 43.1 Å². The van der Waals surface area contributed by atoms with Crippen LogP contribution >= 0.6 is 11.8 Å². The zero-order valence-electron chi connectivity index (χ0n) is 8.55. The summed E-state index contributed by atoms with van der Waals surface area (Å²) in [7, 11) is 0. The fourth-order valence-corrected chi connectivity index (χ4v) is 2.10. The van der Waals surface area contributed by atoms with Crippen molar-refractivity contribution in [2.24, 2.45) is 0 Å². The zero-order chi connectivity index (χ0) is 11.3. The summed E-state index contributed by atoms with van der Waals surface area (Å²) in [4.78, 5) is 10.4. The fraction of sp³-hybridized carbons (Fsp3) is 0.273. The van der Waals surface area contributed by atoms with Gasteiger partial charge in [-0.2, -0.15) is 0 Å². The molecular weight excluding hydrogens is 210 g/mol. The molecule has 0 saturated heterocycles. The van der Waals surface area contributed by atoms with E-state index in [2.05, 4.69) is 6.58 Å². The number of para-hydroxylation sites is 1. The minimum atomic E-state index is -0.333. The van der Waals surface area contributed by atoms with Crippen molar-refractivity contribution in [3.8, 4) is 0 Å².